The van der Waals surface area contributed by atoms with Crippen LogP contribution in [0.3, 0.4) is 0 Å². The second kappa shape index (κ2) is 10.9. The van der Waals surface area contributed by atoms with Crippen molar-refractivity contribution < 1.29 is 14.3 Å². The molecular weight excluding hydrogens is 370 g/mol. The number of aryl methyl sites for hydroxylation is 1. The van der Waals surface area contributed by atoms with E-state index in [0.717, 1.165) is 23.3 Å². The summed E-state index contributed by atoms with van der Waals surface area (Å²) in [7, 11) is 0. The molecule has 0 fully saturated rings. The number of carbonyl (C=O) groups excluding carboxylic acids is 2. The van der Waals surface area contributed by atoms with Crippen LogP contribution in [0.25, 0.3) is 0 Å². The first-order chi connectivity index (χ1) is 13.4. The molecule has 0 aliphatic rings. The van der Waals surface area contributed by atoms with Crippen molar-refractivity contribution in [3.05, 3.63) is 64.7 Å². The topological polar surface area (TPSA) is 55.4 Å². The highest BCUT2D eigenvalue weighted by Gasteiger charge is 2.12. The molecule has 0 aliphatic heterocycles. The molecule has 2 rings (SSSR count). The molecule has 0 saturated heterocycles. The Morgan fingerprint density at radius 3 is 2.43 bits per heavy atom. The largest absolute Gasteiger partial charge is 0.494 e. The van der Waals surface area contributed by atoms with Gasteiger partial charge in [-0.3, -0.25) is 9.59 Å². The highest BCUT2D eigenvalue weighted by Crippen LogP contribution is 2.25. The molecule has 4 nitrogen and oxygen atoms in total. The number of hydrogen-bond acceptors (Lipinski definition) is 4. The van der Waals surface area contributed by atoms with Crippen LogP contribution in [0.4, 0.5) is 0 Å². The van der Waals surface area contributed by atoms with Gasteiger partial charge in [0.2, 0.25) is 5.91 Å². The second-order valence-electron chi connectivity index (χ2n) is 6.69. The Hall–Kier alpha value is -2.27. The molecule has 5 heteroatoms. The summed E-state index contributed by atoms with van der Waals surface area (Å²) in [5.74, 6) is 1.76. The lowest BCUT2D eigenvalue weighted by Gasteiger charge is -2.15. The van der Waals surface area contributed by atoms with Gasteiger partial charge in [-0.2, -0.15) is 0 Å². The third-order valence-electron chi connectivity index (χ3n) is 4.52. The minimum Gasteiger partial charge on any atom is -0.494 e. The van der Waals surface area contributed by atoms with Gasteiger partial charge < -0.3 is 10.1 Å². The molecule has 0 bridgehead atoms. The van der Waals surface area contributed by atoms with Gasteiger partial charge >= 0.3 is 0 Å². The number of hydrogen-bond donors (Lipinski definition) is 1. The lowest BCUT2D eigenvalue weighted by atomic mass is 10.1. The molecule has 0 aliphatic carbocycles. The zero-order valence-electron chi connectivity index (χ0n) is 17.1. The first kappa shape index (κ1) is 22.0. The summed E-state index contributed by atoms with van der Waals surface area (Å²) in [5.41, 5.74) is 3.99. The molecule has 1 N–H and O–H groups in total. The highest BCUT2D eigenvalue weighted by molar-refractivity contribution is 7.99. The maximum Gasteiger partial charge on any atom is 0.230 e. The fourth-order valence-corrected chi connectivity index (χ4v) is 3.69. The smallest absolute Gasteiger partial charge is 0.230 e. The van der Waals surface area contributed by atoms with Crippen LogP contribution >= 0.6 is 11.8 Å². The van der Waals surface area contributed by atoms with Crippen molar-refractivity contribution in [2.75, 3.05) is 12.4 Å². The number of benzene rings is 2. The maximum absolute atomic E-state index is 12.3. The molecule has 0 heterocycles. The Morgan fingerprint density at radius 1 is 1.11 bits per heavy atom. The number of thioether (sulfide) groups is 1. The Labute approximate surface area is 172 Å². The Balaban J connectivity index is 1.90. The standard InChI is InChI=1S/C23H29NO3S/c1-5-18-7-9-19(10-8-18)16(3)24-23(26)15-28-14-21-13-20(17(4)25)11-12-22(21)27-6-2/h7-13,16H,5-6,14-15H2,1-4H3,(H,24,26)/t16-/m1/s1. The van der Waals surface area contributed by atoms with Crippen LogP contribution < -0.4 is 10.1 Å². The van der Waals surface area contributed by atoms with E-state index in [9.17, 15) is 9.59 Å². The first-order valence-corrected chi connectivity index (χ1v) is 10.8. The number of carbonyl (C=O) groups is 2. The van der Waals surface area contributed by atoms with Crippen LogP contribution in [-0.2, 0) is 17.0 Å². The van der Waals surface area contributed by atoms with Gasteiger partial charge in [0, 0.05) is 16.9 Å². The predicted octanol–water partition coefficient (Wildman–Crippen LogP) is 4.96. The van der Waals surface area contributed by atoms with Crippen molar-refractivity contribution in [3.63, 3.8) is 0 Å². The molecular formula is C23H29NO3S. The lowest BCUT2D eigenvalue weighted by molar-refractivity contribution is -0.119. The summed E-state index contributed by atoms with van der Waals surface area (Å²) in [5, 5.41) is 3.04. The molecule has 0 spiro atoms. The molecule has 2 aromatic carbocycles. The van der Waals surface area contributed by atoms with Crippen LogP contribution in [0.1, 0.15) is 60.8 Å². The summed E-state index contributed by atoms with van der Waals surface area (Å²) in [6, 6.07) is 13.8. The summed E-state index contributed by atoms with van der Waals surface area (Å²) in [4.78, 5) is 23.9. The maximum atomic E-state index is 12.3. The van der Waals surface area contributed by atoms with E-state index in [1.54, 1.807) is 13.0 Å². The Kier molecular flexibility index (Phi) is 8.58. The van der Waals surface area contributed by atoms with Gasteiger partial charge in [0.1, 0.15) is 5.75 Å². The quantitative estimate of drug-likeness (QED) is 0.574. The second-order valence-corrected chi connectivity index (χ2v) is 7.67. The van der Waals surface area contributed by atoms with Gasteiger partial charge in [-0.05, 0) is 56.5 Å². The minimum absolute atomic E-state index is 0.00208. The summed E-state index contributed by atoms with van der Waals surface area (Å²) in [6.07, 6.45) is 1.01. The van der Waals surface area contributed by atoms with Gasteiger partial charge in [0.15, 0.2) is 5.78 Å². The minimum atomic E-state index is -0.0287. The highest BCUT2D eigenvalue weighted by atomic mass is 32.2. The zero-order chi connectivity index (χ0) is 20.5. The van der Waals surface area contributed by atoms with E-state index in [1.807, 2.05) is 26.0 Å². The van der Waals surface area contributed by atoms with E-state index in [4.69, 9.17) is 4.74 Å². The molecule has 0 unspecified atom stereocenters. The molecule has 0 aromatic heterocycles. The molecule has 1 amide bonds. The van der Waals surface area contributed by atoms with Crippen LogP contribution in [0.5, 0.6) is 5.75 Å². The molecule has 150 valence electrons. The number of ether oxygens (including phenoxy) is 1. The van der Waals surface area contributed by atoms with Crippen LogP contribution in [-0.4, -0.2) is 24.1 Å². The van der Waals surface area contributed by atoms with Gasteiger partial charge in [-0.15, -0.1) is 11.8 Å². The summed E-state index contributed by atoms with van der Waals surface area (Å²) in [6.45, 7) is 8.16. The fraction of sp³-hybridized carbons (Fsp3) is 0.391. The van der Waals surface area contributed by atoms with Crippen LogP contribution in [0.15, 0.2) is 42.5 Å². The third kappa shape index (κ3) is 6.41. The number of amides is 1. The first-order valence-electron chi connectivity index (χ1n) is 9.67. The van der Waals surface area contributed by atoms with Crippen molar-refractivity contribution in [1.29, 1.82) is 0 Å². The predicted molar refractivity (Wildman–Crippen MR) is 116 cm³/mol. The van der Waals surface area contributed by atoms with Crippen LogP contribution in [0.2, 0.25) is 0 Å². The van der Waals surface area contributed by atoms with Gasteiger partial charge in [0.25, 0.3) is 0 Å². The van der Waals surface area contributed by atoms with Crippen LogP contribution in [0, 0.1) is 0 Å². The fourth-order valence-electron chi connectivity index (χ4n) is 2.87. The summed E-state index contributed by atoms with van der Waals surface area (Å²) < 4.78 is 5.65. The Bertz CT molecular complexity index is 802. The molecule has 2 aromatic rings. The average Bonchev–Trinajstić information content (AvgIpc) is 2.69. The van der Waals surface area contributed by atoms with E-state index in [-0.39, 0.29) is 17.7 Å². The van der Waals surface area contributed by atoms with E-state index in [2.05, 4.69) is 36.5 Å². The van der Waals surface area contributed by atoms with Gasteiger partial charge in [-0.25, -0.2) is 0 Å². The van der Waals surface area contributed by atoms with Crippen molar-refractivity contribution in [3.8, 4) is 5.75 Å². The zero-order valence-corrected chi connectivity index (χ0v) is 17.9. The van der Waals surface area contributed by atoms with Gasteiger partial charge in [0.05, 0.1) is 18.4 Å². The molecule has 0 radical (unpaired) electrons. The molecule has 1 atom stereocenters. The van der Waals surface area contributed by atoms with Crippen molar-refractivity contribution in [2.24, 2.45) is 0 Å². The number of nitrogens with one attached hydrogen (secondary N) is 1. The lowest BCUT2D eigenvalue weighted by Crippen LogP contribution is -2.28. The van der Waals surface area contributed by atoms with Crippen molar-refractivity contribution in [2.45, 2.75) is 45.9 Å². The Morgan fingerprint density at radius 2 is 1.82 bits per heavy atom. The number of ketones is 1. The summed E-state index contributed by atoms with van der Waals surface area (Å²) >= 11 is 1.51. The van der Waals surface area contributed by atoms with E-state index in [1.165, 1.54) is 17.3 Å². The van der Waals surface area contributed by atoms with Gasteiger partial charge in [-0.1, -0.05) is 31.2 Å². The molecule has 28 heavy (non-hydrogen) atoms. The van der Waals surface area contributed by atoms with Crippen molar-refractivity contribution in [1.82, 2.24) is 5.32 Å². The van der Waals surface area contributed by atoms with Crippen molar-refractivity contribution >= 4 is 23.5 Å². The van der Waals surface area contributed by atoms with E-state index >= 15 is 0 Å². The van der Waals surface area contributed by atoms with E-state index in [0.29, 0.717) is 23.7 Å². The molecule has 0 saturated carbocycles. The van der Waals surface area contributed by atoms with E-state index < -0.39 is 0 Å². The SMILES string of the molecule is CCOc1ccc(C(C)=O)cc1CSCC(=O)N[C@H](C)c1ccc(CC)cc1. The number of Topliss-reactive ketones (excluding diaryl/α,β-unsaturated/α-hetero) is 1. The number of rotatable bonds is 10. The monoisotopic (exact) mass is 399 g/mol. The third-order valence-corrected chi connectivity index (χ3v) is 5.50. The average molecular weight is 400 g/mol. The normalized spacial score (nSPS) is 11.7.